The van der Waals surface area contributed by atoms with Crippen LogP contribution in [0.3, 0.4) is 0 Å². The second-order valence-electron chi connectivity index (χ2n) is 4.82. The average molecular weight is 448 g/mol. The number of benzene rings is 2. The SMILES string of the molecule is NS(=O)(=O)c1cc(C(=O)OCC(=O)Nc2cccc(Br)c2)ccc1Cl. The van der Waals surface area contributed by atoms with E-state index in [1.807, 2.05) is 0 Å². The quantitative estimate of drug-likeness (QED) is 0.683. The molecule has 0 atom stereocenters. The lowest BCUT2D eigenvalue weighted by atomic mass is 10.2. The molecule has 0 fully saturated rings. The minimum atomic E-state index is -4.09. The second kappa shape index (κ2) is 7.96. The maximum Gasteiger partial charge on any atom is 0.338 e. The van der Waals surface area contributed by atoms with Crippen LogP contribution in [0.2, 0.25) is 5.02 Å². The van der Waals surface area contributed by atoms with Crippen molar-refractivity contribution < 1.29 is 22.7 Å². The Morgan fingerprint density at radius 1 is 1.20 bits per heavy atom. The fourth-order valence-corrected chi connectivity index (χ4v) is 3.30. The lowest BCUT2D eigenvalue weighted by Gasteiger charge is -2.08. The molecule has 0 heterocycles. The molecular weight excluding hydrogens is 436 g/mol. The van der Waals surface area contributed by atoms with Gasteiger partial charge >= 0.3 is 5.97 Å². The average Bonchev–Trinajstić information content (AvgIpc) is 2.52. The third-order valence-corrected chi connectivity index (χ3v) is 4.80. The van der Waals surface area contributed by atoms with Crippen LogP contribution < -0.4 is 10.5 Å². The van der Waals surface area contributed by atoms with Crippen molar-refractivity contribution in [3.05, 3.63) is 57.5 Å². The van der Waals surface area contributed by atoms with Gasteiger partial charge < -0.3 is 10.1 Å². The topological polar surface area (TPSA) is 116 Å². The van der Waals surface area contributed by atoms with Gasteiger partial charge in [0.1, 0.15) is 4.90 Å². The molecule has 2 rings (SSSR count). The van der Waals surface area contributed by atoms with Gasteiger partial charge in [-0.05, 0) is 36.4 Å². The summed E-state index contributed by atoms with van der Waals surface area (Å²) in [5.74, 6) is -1.43. The molecule has 0 aromatic heterocycles. The lowest BCUT2D eigenvalue weighted by Crippen LogP contribution is -2.21. The predicted molar refractivity (Wildman–Crippen MR) is 95.9 cm³/mol. The van der Waals surface area contributed by atoms with Crippen LogP contribution >= 0.6 is 27.5 Å². The monoisotopic (exact) mass is 446 g/mol. The molecule has 2 aromatic carbocycles. The number of nitrogens with one attached hydrogen (secondary N) is 1. The van der Waals surface area contributed by atoms with E-state index in [1.165, 1.54) is 12.1 Å². The highest BCUT2D eigenvalue weighted by atomic mass is 79.9. The molecule has 0 bridgehead atoms. The van der Waals surface area contributed by atoms with Gasteiger partial charge in [-0.25, -0.2) is 18.4 Å². The Morgan fingerprint density at radius 3 is 2.56 bits per heavy atom. The number of carbonyl (C=O) groups is 2. The van der Waals surface area contributed by atoms with E-state index in [2.05, 4.69) is 21.2 Å². The van der Waals surface area contributed by atoms with Crippen molar-refractivity contribution in [3.63, 3.8) is 0 Å². The van der Waals surface area contributed by atoms with E-state index in [0.29, 0.717) is 5.69 Å². The maximum atomic E-state index is 12.0. The van der Waals surface area contributed by atoms with Crippen LogP contribution in [0.1, 0.15) is 10.4 Å². The zero-order chi connectivity index (χ0) is 18.6. The second-order valence-corrected chi connectivity index (χ2v) is 7.68. The van der Waals surface area contributed by atoms with Gasteiger partial charge in [-0.15, -0.1) is 0 Å². The van der Waals surface area contributed by atoms with Gasteiger partial charge in [-0.1, -0.05) is 33.6 Å². The summed E-state index contributed by atoms with van der Waals surface area (Å²) >= 11 is 9.00. The van der Waals surface area contributed by atoms with Gasteiger partial charge in [0.15, 0.2) is 6.61 Å². The summed E-state index contributed by atoms with van der Waals surface area (Å²) in [4.78, 5) is 23.4. The Bertz CT molecular complexity index is 933. The van der Waals surface area contributed by atoms with Gasteiger partial charge in [0.05, 0.1) is 10.6 Å². The summed E-state index contributed by atoms with van der Waals surface area (Å²) in [7, 11) is -4.09. The molecule has 0 saturated heterocycles. The molecule has 132 valence electrons. The molecule has 0 aliphatic carbocycles. The number of rotatable bonds is 5. The fraction of sp³-hybridized carbons (Fsp3) is 0.0667. The zero-order valence-electron chi connectivity index (χ0n) is 12.5. The number of anilines is 1. The molecule has 0 aliphatic heterocycles. The fourth-order valence-electron chi connectivity index (χ4n) is 1.83. The lowest BCUT2D eigenvalue weighted by molar-refractivity contribution is -0.119. The van der Waals surface area contributed by atoms with E-state index < -0.39 is 33.4 Å². The van der Waals surface area contributed by atoms with Gasteiger partial charge in [0.25, 0.3) is 5.91 Å². The molecule has 0 radical (unpaired) electrons. The van der Waals surface area contributed by atoms with Crippen molar-refractivity contribution in [2.24, 2.45) is 5.14 Å². The molecule has 0 aliphatic rings. The molecule has 0 saturated carbocycles. The van der Waals surface area contributed by atoms with E-state index in [9.17, 15) is 18.0 Å². The predicted octanol–water partition coefficient (Wildman–Crippen LogP) is 2.55. The molecule has 7 nitrogen and oxygen atoms in total. The van der Waals surface area contributed by atoms with E-state index >= 15 is 0 Å². The first-order valence-corrected chi connectivity index (χ1v) is 9.43. The van der Waals surface area contributed by atoms with E-state index in [0.717, 1.165) is 10.5 Å². The first kappa shape index (κ1) is 19.4. The van der Waals surface area contributed by atoms with Crippen LogP contribution in [-0.2, 0) is 19.6 Å². The Balaban J connectivity index is 2.02. The summed E-state index contributed by atoms with van der Waals surface area (Å²) in [5.41, 5.74) is 0.433. The molecule has 0 unspecified atom stereocenters. The van der Waals surface area contributed by atoms with Crippen LogP contribution in [-0.4, -0.2) is 26.9 Å². The summed E-state index contributed by atoms with van der Waals surface area (Å²) in [5, 5.41) is 7.45. The number of sulfonamides is 1. The molecule has 25 heavy (non-hydrogen) atoms. The smallest absolute Gasteiger partial charge is 0.338 e. The number of primary sulfonamides is 1. The van der Waals surface area contributed by atoms with Crippen LogP contribution in [0, 0.1) is 0 Å². The molecule has 3 N–H and O–H groups in total. The standard InChI is InChI=1S/C15H12BrClN2O5S/c16-10-2-1-3-11(7-10)19-14(20)8-24-15(21)9-4-5-12(17)13(6-9)25(18,22)23/h1-7H,8H2,(H,19,20)(H2,18,22,23). The van der Waals surface area contributed by atoms with Crippen molar-refractivity contribution in [2.45, 2.75) is 4.90 Å². The number of hydrogen-bond donors (Lipinski definition) is 2. The third-order valence-electron chi connectivity index (χ3n) is 2.92. The van der Waals surface area contributed by atoms with Crippen LogP contribution in [0.4, 0.5) is 5.69 Å². The number of esters is 1. The van der Waals surface area contributed by atoms with Gasteiger partial charge in [0, 0.05) is 10.2 Å². The normalized spacial score (nSPS) is 11.0. The van der Waals surface area contributed by atoms with Gasteiger partial charge in [-0.2, -0.15) is 0 Å². The Kier molecular flexibility index (Phi) is 6.17. The molecule has 1 amide bonds. The zero-order valence-corrected chi connectivity index (χ0v) is 15.7. The Morgan fingerprint density at radius 2 is 1.92 bits per heavy atom. The minimum absolute atomic E-state index is 0.0938. The van der Waals surface area contributed by atoms with Crippen molar-refractivity contribution in [1.82, 2.24) is 0 Å². The van der Waals surface area contributed by atoms with Crippen LogP contribution in [0.25, 0.3) is 0 Å². The molecule has 2 aromatic rings. The molecular formula is C15H12BrClN2O5S. The number of ether oxygens (including phenoxy) is 1. The third kappa shape index (κ3) is 5.53. The summed E-state index contributed by atoms with van der Waals surface area (Å²) < 4.78 is 28.4. The van der Waals surface area contributed by atoms with Crippen LogP contribution in [0.15, 0.2) is 51.8 Å². The van der Waals surface area contributed by atoms with Gasteiger partial charge in [-0.3, -0.25) is 4.79 Å². The summed E-state index contributed by atoms with van der Waals surface area (Å²) in [6.07, 6.45) is 0. The van der Waals surface area contributed by atoms with Crippen LogP contribution in [0.5, 0.6) is 0 Å². The first-order valence-electron chi connectivity index (χ1n) is 6.72. The Hall–Kier alpha value is -1.94. The number of amides is 1. The van der Waals surface area contributed by atoms with Gasteiger partial charge in [0.2, 0.25) is 10.0 Å². The van der Waals surface area contributed by atoms with Crippen molar-refractivity contribution >= 4 is 55.1 Å². The van der Waals surface area contributed by atoms with Crippen molar-refractivity contribution in [2.75, 3.05) is 11.9 Å². The van der Waals surface area contributed by atoms with E-state index in [1.54, 1.807) is 24.3 Å². The summed E-state index contributed by atoms with van der Waals surface area (Å²) in [6.45, 7) is -0.543. The largest absolute Gasteiger partial charge is 0.452 e. The number of hydrogen-bond acceptors (Lipinski definition) is 5. The van der Waals surface area contributed by atoms with Crippen molar-refractivity contribution in [1.29, 1.82) is 0 Å². The minimum Gasteiger partial charge on any atom is -0.452 e. The van der Waals surface area contributed by atoms with E-state index in [4.69, 9.17) is 21.5 Å². The molecule has 10 heteroatoms. The highest BCUT2D eigenvalue weighted by Gasteiger charge is 2.18. The highest BCUT2D eigenvalue weighted by molar-refractivity contribution is 9.10. The maximum absolute atomic E-state index is 12.0. The summed E-state index contributed by atoms with van der Waals surface area (Å²) in [6, 6.07) is 10.3. The Labute approximate surface area is 157 Å². The number of nitrogens with two attached hydrogens (primary N) is 1. The first-order chi connectivity index (χ1) is 11.7. The number of halogens is 2. The van der Waals surface area contributed by atoms with Crippen molar-refractivity contribution in [3.8, 4) is 0 Å². The number of carbonyl (C=O) groups excluding carboxylic acids is 2. The molecule has 0 spiro atoms. The van der Waals surface area contributed by atoms with E-state index in [-0.39, 0.29) is 10.6 Å². The highest BCUT2D eigenvalue weighted by Crippen LogP contribution is 2.22.